The van der Waals surface area contributed by atoms with Gasteiger partial charge in [0.1, 0.15) is 11.1 Å². The number of anilines is 1. The van der Waals surface area contributed by atoms with Gasteiger partial charge in [-0.05, 0) is 32.9 Å². The molecule has 0 unspecified atom stereocenters. The van der Waals surface area contributed by atoms with E-state index in [-0.39, 0.29) is 17.7 Å². The number of fused-ring (bicyclic) bond motifs is 1. The molecule has 8 nitrogen and oxygen atoms in total. The lowest BCUT2D eigenvalue weighted by Gasteiger charge is -2.45. The third-order valence-corrected chi connectivity index (χ3v) is 5.38. The maximum absolute atomic E-state index is 12.2. The second kappa shape index (κ2) is 6.88. The Morgan fingerprint density at radius 1 is 1.33 bits per heavy atom. The lowest BCUT2D eigenvalue weighted by atomic mass is 10.1. The molecule has 3 rings (SSSR count). The number of benzene rings is 1. The number of ether oxygens (including phenoxy) is 2. The van der Waals surface area contributed by atoms with Crippen LogP contribution in [0.4, 0.5) is 10.5 Å². The minimum Gasteiger partial charge on any atom is -0.478 e. The molecule has 1 aliphatic heterocycles. The molecule has 1 aromatic heterocycles. The van der Waals surface area contributed by atoms with Crippen molar-refractivity contribution in [3.8, 4) is 5.19 Å². The second-order valence-electron chi connectivity index (χ2n) is 7.45. The van der Waals surface area contributed by atoms with E-state index in [2.05, 4.69) is 9.88 Å². The smallest absolute Gasteiger partial charge is 0.410 e. The molecule has 1 amide bonds. The summed E-state index contributed by atoms with van der Waals surface area (Å²) in [4.78, 5) is 31.6. The predicted molar refractivity (Wildman–Crippen MR) is 103 cm³/mol. The van der Waals surface area contributed by atoms with Crippen LogP contribution < -0.4 is 9.64 Å². The van der Waals surface area contributed by atoms with Crippen LogP contribution in [0.3, 0.4) is 0 Å². The van der Waals surface area contributed by atoms with Gasteiger partial charge < -0.3 is 24.4 Å². The van der Waals surface area contributed by atoms with Crippen LogP contribution in [-0.4, -0.2) is 65.9 Å². The van der Waals surface area contributed by atoms with Crippen molar-refractivity contribution in [2.75, 3.05) is 32.1 Å². The van der Waals surface area contributed by atoms with Gasteiger partial charge in [-0.15, -0.1) is 0 Å². The molecule has 0 radical (unpaired) electrons. The molecule has 0 spiro atoms. The summed E-state index contributed by atoms with van der Waals surface area (Å²) in [5, 5.41) is 9.81. The number of likely N-dealkylation sites (N-methyl/N-ethyl adjacent to an activating group) is 1. The number of amides is 1. The number of carbonyl (C=O) groups is 2. The van der Waals surface area contributed by atoms with Crippen LogP contribution in [-0.2, 0) is 4.74 Å². The van der Waals surface area contributed by atoms with Crippen LogP contribution >= 0.6 is 11.3 Å². The van der Waals surface area contributed by atoms with Crippen LogP contribution in [0, 0.1) is 0 Å². The van der Waals surface area contributed by atoms with Gasteiger partial charge in [-0.2, -0.15) is 0 Å². The Balaban J connectivity index is 1.79. The number of thiazole rings is 1. The zero-order valence-corrected chi connectivity index (χ0v) is 16.8. The molecular weight excluding hydrogens is 370 g/mol. The van der Waals surface area contributed by atoms with Crippen molar-refractivity contribution in [2.45, 2.75) is 32.4 Å². The number of carbonyl (C=O) groups excluding carboxylic acids is 1. The minimum absolute atomic E-state index is 0.0314. The van der Waals surface area contributed by atoms with E-state index >= 15 is 0 Å². The topological polar surface area (TPSA) is 92.2 Å². The number of carboxylic acids is 1. The maximum Gasteiger partial charge on any atom is 0.410 e. The Labute approximate surface area is 161 Å². The van der Waals surface area contributed by atoms with Gasteiger partial charge in [0.05, 0.1) is 29.1 Å². The normalized spacial score (nSPS) is 14.8. The first-order chi connectivity index (χ1) is 12.6. The first-order valence-corrected chi connectivity index (χ1v) is 9.34. The standard InChI is InChI=1S/C18H23N3O5S/c1-18(2,3)26-17(24)20(4)10-8-21(9-10)12-7-6-11(15(22)23)13-14(12)27-16(19-13)25-5/h6-7,10H,8-9H2,1-5H3,(H,22,23). The lowest BCUT2D eigenvalue weighted by molar-refractivity contribution is 0.0197. The van der Waals surface area contributed by atoms with Crippen LogP contribution in [0.5, 0.6) is 5.19 Å². The molecule has 0 aliphatic carbocycles. The highest BCUT2D eigenvalue weighted by Gasteiger charge is 2.36. The summed E-state index contributed by atoms with van der Waals surface area (Å²) in [6.07, 6.45) is -0.349. The van der Waals surface area contributed by atoms with E-state index in [0.717, 1.165) is 10.4 Å². The second-order valence-corrected chi connectivity index (χ2v) is 8.41. The SMILES string of the molecule is COc1nc2c(C(=O)O)ccc(N3CC(N(C)C(=O)OC(C)(C)C)C3)c2s1. The van der Waals surface area contributed by atoms with E-state index < -0.39 is 11.6 Å². The fraction of sp³-hybridized carbons (Fsp3) is 0.500. The Kier molecular flexibility index (Phi) is 4.90. The minimum atomic E-state index is -1.02. The zero-order valence-electron chi connectivity index (χ0n) is 16.0. The fourth-order valence-electron chi connectivity index (χ4n) is 2.86. The van der Waals surface area contributed by atoms with Crippen molar-refractivity contribution in [3.05, 3.63) is 17.7 Å². The molecule has 0 saturated carbocycles. The Hall–Kier alpha value is -2.55. The predicted octanol–water partition coefficient (Wildman–Crippen LogP) is 3.06. The van der Waals surface area contributed by atoms with Gasteiger partial charge in [0.2, 0.25) is 0 Å². The lowest BCUT2D eigenvalue weighted by Crippen LogP contribution is -2.60. The highest BCUT2D eigenvalue weighted by Crippen LogP contribution is 2.39. The van der Waals surface area contributed by atoms with Crippen LogP contribution in [0.2, 0.25) is 0 Å². The van der Waals surface area contributed by atoms with E-state index in [4.69, 9.17) is 9.47 Å². The first-order valence-electron chi connectivity index (χ1n) is 8.52. The third kappa shape index (κ3) is 3.78. The molecule has 1 aromatic carbocycles. The number of methoxy groups -OCH3 is 1. The summed E-state index contributed by atoms with van der Waals surface area (Å²) < 4.78 is 11.4. The van der Waals surface area contributed by atoms with Crippen molar-refractivity contribution in [1.29, 1.82) is 0 Å². The van der Waals surface area contributed by atoms with Crippen molar-refractivity contribution in [3.63, 3.8) is 0 Å². The molecule has 0 atom stereocenters. The fourth-order valence-corrected chi connectivity index (χ4v) is 3.81. The van der Waals surface area contributed by atoms with Crippen LogP contribution in [0.1, 0.15) is 31.1 Å². The number of hydrogen-bond donors (Lipinski definition) is 1. The largest absolute Gasteiger partial charge is 0.478 e. The van der Waals surface area contributed by atoms with Gasteiger partial charge in [0, 0.05) is 20.1 Å². The quantitative estimate of drug-likeness (QED) is 0.853. The molecule has 1 saturated heterocycles. The van der Waals surface area contributed by atoms with Gasteiger partial charge in [0.25, 0.3) is 5.19 Å². The van der Waals surface area contributed by atoms with Crippen molar-refractivity contribution >= 4 is 39.3 Å². The Bertz CT molecular complexity index is 883. The van der Waals surface area contributed by atoms with Gasteiger partial charge in [-0.3, -0.25) is 0 Å². The summed E-state index contributed by atoms with van der Waals surface area (Å²) in [7, 11) is 3.24. The zero-order chi connectivity index (χ0) is 19.9. The third-order valence-electron chi connectivity index (χ3n) is 4.34. The molecule has 2 heterocycles. The number of nitrogens with zero attached hydrogens (tertiary/aromatic N) is 3. The molecule has 0 bridgehead atoms. The van der Waals surface area contributed by atoms with Crippen molar-refractivity contribution < 1.29 is 24.2 Å². The molecular formula is C18H23N3O5S. The highest BCUT2D eigenvalue weighted by molar-refractivity contribution is 7.20. The first kappa shape index (κ1) is 19.2. The maximum atomic E-state index is 12.2. The molecule has 1 aliphatic rings. The number of aromatic nitrogens is 1. The average molecular weight is 393 g/mol. The van der Waals surface area contributed by atoms with Crippen LogP contribution in [0.15, 0.2) is 12.1 Å². The number of carboxylic acid groups (broad SMARTS) is 1. The van der Waals surface area contributed by atoms with Gasteiger partial charge >= 0.3 is 12.1 Å². The molecule has 1 fully saturated rings. The van der Waals surface area contributed by atoms with E-state index in [1.165, 1.54) is 18.4 Å². The Morgan fingerprint density at radius 3 is 2.56 bits per heavy atom. The molecule has 27 heavy (non-hydrogen) atoms. The monoisotopic (exact) mass is 393 g/mol. The van der Waals surface area contributed by atoms with Gasteiger partial charge in [0.15, 0.2) is 0 Å². The van der Waals surface area contributed by atoms with E-state index in [0.29, 0.717) is 23.8 Å². The van der Waals surface area contributed by atoms with E-state index in [1.807, 2.05) is 20.8 Å². The molecule has 146 valence electrons. The van der Waals surface area contributed by atoms with E-state index in [1.54, 1.807) is 24.1 Å². The summed E-state index contributed by atoms with van der Waals surface area (Å²) in [6, 6.07) is 3.38. The van der Waals surface area contributed by atoms with Gasteiger partial charge in [-0.25, -0.2) is 14.6 Å². The Morgan fingerprint density at radius 2 is 2.00 bits per heavy atom. The van der Waals surface area contributed by atoms with Crippen LogP contribution in [0.25, 0.3) is 10.2 Å². The number of rotatable bonds is 4. The highest BCUT2D eigenvalue weighted by atomic mass is 32.1. The molecule has 9 heteroatoms. The van der Waals surface area contributed by atoms with E-state index in [9.17, 15) is 14.7 Å². The summed E-state index contributed by atoms with van der Waals surface area (Å²) >= 11 is 1.31. The van der Waals surface area contributed by atoms with Gasteiger partial charge in [-0.1, -0.05) is 11.3 Å². The van der Waals surface area contributed by atoms with Crippen molar-refractivity contribution in [1.82, 2.24) is 9.88 Å². The number of hydrogen-bond acceptors (Lipinski definition) is 7. The average Bonchev–Trinajstić information content (AvgIpc) is 2.95. The van der Waals surface area contributed by atoms with Crippen molar-refractivity contribution in [2.24, 2.45) is 0 Å². The summed E-state index contributed by atoms with van der Waals surface area (Å²) in [5.41, 5.74) is 0.930. The molecule has 2 aromatic rings. The number of aromatic carboxylic acids is 1. The molecule has 1 N–H and O–H groups in total. The summed E-state index contributed by atoms with van der Waals surface area (Å²) in [5.74, 6) is -1.02. The summed E-state index contributed by atoms with van der Waals surface area (Å²) in [6.45, 7) is 6.78.